The predicted molar refractivity (Wildman–Crippen MR) is 122 cm³/mol. The number of pyridine rings is 1. The number of carbonyl (C=O) groups is 2. The van der Waals surface area contributed by atoms with E-state index in [1.54, 1.807) is 22.7 Å². The van der Waals surface area contributed by atoms with Crippen LogP contribution < -0.4 is 15.0 Å². The number of hydrogen-bond donors (Lipinski definition) is 1. The van der Waals surface area contributed by atoms with Gasteiger partial charge in [0.25, 0.3) is 5.91 Å². The summed E-state index contributed by atoms with van der Waals surface area (Å²) in [7, 11) is 0. The highest BCUT2D eigenvalue weighted by atomic mass is 16.5. The maximum absolute atomic E-state index is 12.9. The van der Waals surface area contributed by atoms with E-state index in [1.165, 1.54) is 0 Å². The van der Waals surface area contributed by atoms with Gasteiger partial charge in [-0.3, -0.25) is 9.59 Å². The normalized spacial score (nSPS) is 15.8. The number of nitrogens with zero attached hydrogens (tertiary/aromatic N) is 4. The number of carbonyl (C=O) groups excluding carboxylic acids is 2. The van der Waals surface area contributed by atoms with Crippen molar-refractivity contribution < 1.29 is 14.3 Å². The molecule has 4 rings (SSSR count). The van der Waals surface area contributed by atoms with Gasteiger partial charge in [0.05, 0.1) is 11.4 Å². The molecule has 0 bridgehead atoms. The Morgan fingerprint density at radius 3 is 2.62 bits per heavy atom. The quantitative estimate of drug-likeness (QED) is 0.663. The van der Waals surface area contributed by atoms with Crippen LogP contribution >= 0.6 is 0 Å². The number of amides is 2. The smallest absolute Gasteiger partial charge is 0.267 e. The van der Waals surface area contributed by atoms with Gasteiger partial charge < -0.3 is 15.0 Å². The molecular weight excluding hydrogens is 406 g/mol. The van der Waals surface area contributed by atoms with Crippen LogP contribution in [0.1, 0.15) is 39.8 Å². The Bertz CT molecular complexity index is 1130. The zero-order chi connectivity index (χ0) is 22.9. The van der Waals surface area contributed by atoms with Gasteiger partial charge >= 0.3 is 0 Å². The van der Waals surface area contributed by atoms with E-state index < -0.39 is 6.10 Å². The molecule has 0 saturated carbocycles. The molecule has 2 amide bonds. The Hall–Kier alpha value is -3.68. The van der Waals surface area contributed by atoms with Crippen molar-refractivity contribution in [3.05, 3.63) is 60.4 Å². The first-order chi connectivity index (χ1) is 15.2. The number of nitrogens with one attached hydrogen (secondary N) is 1. The van der Waals surface area contributed by atoms with Gasteiger partial charge in [-0.05, 0) is 31.2 Å². The zero-order valence-corrected chi connectivity index (χ0v) is 18.7. The minimum atomic E-state index is -0.590. The largest absolute Gasteiger partial charge is 0.479 e. The molecule has 1 aliphatic rings. The van der Waals surface area contributed by atoms with E-state index >= 15 is 0 Å². The number of para-hydroxylation sites is 2. The second-order valence-electron chi connectivity index (χ2n) is 8.78. The highest BCUT2D eigenvalue weighted by Crippen LogP contribution is 2.33. The molecule has 0 radical (unpaired) electrons. The van der Waals surface area contributed by atoms with Crippen LogP contribution in [0, 0.1) is 0 Å². The SMILES string of the molecule is CC1Oc2ccccc2N(CCC(=O)Nc2cc(C(C)(C)C)nn2-c2ccccn2)C1=O. The van der Waals surface area contributed by atoms with E-state index in [4.69, 9.17) is 4.74 Å². The molecule has 1 aliphatic heterocycles. The minimum absolute atomic E-state index is 0.130. The summed E-state index contributed by atoms with van der Waals surface area (Å²) in [6, 6.07) is 14.7. The molecule has 0 fully saturated rings. The Labute approximate surface area is 187 Å². The van der Waals surface area contributed by atoms with Gasteiger partial charge in [0.2, 0.25) is 5.91 Å². The van der Waals surface area contributed by atoms with Crippen molar-refractivity contribution in [3.8, 4) is 11.6 Å². The highest BCUT2D eigenvalue weighted by molar-refractivity contribution is 6.00. The average molecular weight is 434 g/mol. The molecule has 1 unspecified atom stereocenters. The van der Waals surface area contributed by atoms with Crippen molar-refractivity contribution >= 4 is 23.3 Å². The molecule has 2 aromatic heterocycles. The summed E-state index contributed by atoms with van der Waals surface area (Å²) in [6.07, 6.45) is 1.22. The van der Waals surface area contributed by atoms with Gasteiger partial charge in [0, 0.05) is 30.6 Å². The van der Waals surface area contributed by atoms with Crippen LogP contribution in [0.5, 0.6) is 5.75 Å². The van der Waals surface area contributed by atoms with Gasteiger partial charge in [-0.2, -0.15) is 9.78 Å². The van der Waals surface area contributed by atoms with E-state index in [2.05, 4.69) is 36.2 Å². The summed E-state index contributed by atoms with van der Waals surface area (Å²) in [5.41, 5.74) is 1.32. The monoisotopic (exact) mass is 433 g/mol. The van der Waals surface area contributed by atoms with Crippen molar-refractivity contribution in [3.63, 3.8) is 0 Å². The Kier molecular flexibility index (Phi) is 5.69. The van der Waals surface area contributed by atoms with Crippen molar-refractivity contribution in [2.24, 2.45) is 0 Å². The first kappa shape index (κ1) is 21.5. The number of hydrogen-bond acceptors (Lipinski definition) is 5. The van der Waals surface area contributed by atoms with E-state index in [0.717, 1.165) is 5.69 Å². The lowest BCUT2D eigenvalue weighted by Gasteiger charge is -2.32. The van der Waals surface area contributed by atoms with E-state index in [9.17, 15) is 9.59 Å². The molecule has 1 N–H and O–H groups in total. The lowest BCUT2D eigenvalue weighted by molar-refractivity contribution is -0.125. The molecule has 0 saturated heterocycles. The summed E-state index contributed by atoms with van der Waals surface area (Å²) in [5.74, 6) is 1.42. The molecule has 0 aliphatic carbocycles. The molecule has 8 nitrogen and oxygen atoms in total. The third-order valence-electron chi connectivity index (χ3n) is 5.25. The second-order valence-corrected chi connectivity index (χ2v) is 8.78. The third-order valence-corrected chi connectivity index (χ3v) is 5.25. The zero-order valence-electron chi connectivity index (χ0n) is 18.7. The molecule has 3 aromatic rings. The summed E-state index contributed by atoms with van der Waals surface area (Å²) in [6.45, 7) is 8.15. The van der Waals surface area contributed by atoms with Gasteiger partial charge in [-0.25, -0.2) is 4.98 Å². The maximum Gasteiger partial charge on any atom is 0.267 e. The molecule has 0 spiro atoms. The van der Waals surface area contributed by atoms with E-state index in [0.29, 0.717) is 23.1 Å². The van der Waals surface area contributed by atoms with Crippen LogP contribution in [0.3, 0.4) is 0 Å². The fourth-order valence-electron chi connectivity index (χ4n) is 3.50. The third kappa shape index (κ3) is 4.34. The summed E-state index contributed by atoms with van der Waals surface area (Å²) in [5, 5.41) is 7.61. The Morgan fingerprint density at radius 2 is 1.91 bits per heavy atom. The van der Waals surface area contributed by atoms with Gasteiger partial charge in [-0.1, -0.05) is 39.0 Å². The number of benzene rings is 1. The van der Waals surface area contributed by atoms with Crippen LogP contribution in [-0.2, 0) is 15.0 Å². The van der Waals surface area contributed by atoms with Gasteiger partial charge in [0.15, 0.2) is 11.9 Å². The molecule has 1 atom stereocenters. The molecule has 32 heavy (non-hydrogen) atoms. The van der Waals surface area contributed by atoms with Gasteiger partial charge in [-0.15, -0.1) is 0 Å². The standard InChI is InChI=1S/C24H27N5O3/c1-16-23(31)28(17-9-5-6-10-18(17)32-16)14-12-22(30)26-21-15-19(24(2,3)4)27-29(21)20-11-7-8-13-25-20/h5-11,13,15-16H,12,14H2,1-4H3,(H,26,30). The van der Waals surface area contributed by atoms with Crippen LogP contribution in [0.25, 0.3) is 5.82 Å². The van der Waals surface area contributed by atoms with Crippen molar-refractivity contribution in [2.75, 3.05) is 16.8 Å². The second kappa shape index (κ2) is 8.45. The van der Waals surface area contributed by atoms with Crippen molar-refractivity contribution in [2.45, 2.75) is 45.6 Å². The lowest BCUT2D eigenvalue weighted by atomic mass is 9.92. The number of rotatable bonds is 5. The topological polar surface area (TPSA) is 89.3 Å². The van der Waals surface area contributed by atoms with Crippen LogP contribution in [-0.4, -0.2) is 39.2 Å². The van der Waals surface area contributed by atoms with Crippen molar-refractivity contribution in [1.29, 1.82) is 0 Å². The molecular formula is C24H27N5O3. The minimum Gasteiger partial charge on any atom is -0.479 e. The van der Waals surface area contributed by atoms with Crippen LogP contribution in [0.2, 0.25) is 0 Å². The lowest BCUT2D eigenvalue weighted by Crippen LogP contribution is -2.45. The number of anilines is 2. The highest BCUT2D eigenvalue weighted by Gasteiger charge is 2.31. The fraction of sp³-hybridized carbons (Fsp3) is 0.333. The van der Waals surface area contributed by atoms with E-state index in [1.807, 2.05) is 48.5 Å². The van der Waals surface area contributed by atoms with Crippen LogP contribution in [0.15, 0.2) is 54.7 Å². The number of aromatic nitrogens is 3. The predicted octanol–water partition coefficient (Wildman–Crippen LogP) is 3.71. The van der Waals surface area contributed by atoms with Crippen molar-refractivity contribution in [1.82, 2.24) is 14.8 Å². The molecule has 1 aromatic carbocycles. The Morgan fingerprint density at radius 1 is 1.16 bits per heavy atom. The maximum atomic E-state index is 12.9. The average Bonchev–Trinajstić information content (AvgIpc) is 3.19. The molecule has 8 heteroatoms. The number of ether oxygens (including phenoxy) is 1. The summed E-state index contributed by atoms with van der Waals surface area (Å²) < 4.78 is 7.30. The van der Waals surface area contributed by atoms with Crippen LogP contribution in [0.4, 0.5) is 11.5 Å². The number of fused-ring (bicyclic) bond motifs is 1. The molecule has 3 heterocycles. The Balaban J connectivity index is 1.53. The summed E-state index contributed by atoms with van der Waals surface area (Å²) >= 11 is 0. The first-order valence-electron chi connectivity index (χ1n) is 10.6. The summed E-state index contributed by atoms with van der Waals surface area (Å²) in [4.78, 5) is 31.5. The molecule has 166 valence electrons. The fourth-order valence-corrected chi connectivity index (χ4v) is 3.50. The van der Waals surface area contributed by atoms with E-state index in [-0.39, 0.29) is 30.2 Å². The van der Waals surface area contributed by atoms with Gasteiger partial charge in [0.1, 0.15) is 11.6 Å². The first-order valence-corrected chi connectivity index (χ1v) is 10.6.